The number of rotatable bonds is 9. The number of carbonyl (C=O) groups is 2. The highest BCUT2D eigenvalue weighted by Crippen LogP contribution is 2.24. The summed E-state index contributed by atoms with van der Waals surface area (Å²) >= 11 is 0. The Balaban J connectivity index is 4.41. The SMILES string of the molecule is CCCCCCC(C(=O)OC)C(CC)C(=O)O. The highest BCUT2D eigenvalue weighted by Gasteiger charge is 2.32. The minimum Gasteiger partial charge on any atom is -0.481 e. The summed E-state index contributed by atoms with van der Waals surface area (Å²) in [6, 6.07) is 0. The molecule has 0 fully saturated rings. The average Bonchev–Trinajstić information content (AvgIpc) is 2.31. The number of carbonyl (C=O) groups excluding carboxylic acids is 1. The quantitative estimate of drug-likeness (QED) is 0.500. The molecule has 0 aromatic rings. The zero-order valence-electron chi connectivity index (χ0n) is 11.1. The van der Waals surface area contributed by atoms with Gasteiger partial charge in [-0.3, -0.25) is 9.59 Å². The van der Waals surface area contributed by atoms with Crippen LogP contribution in [0.2, 0.25) is 0 Å². The predicted molar refractivity (Wildman–Crippen MR) is 65.7 cm³/mol. The summed E-state index contributed by atoms with van der Waals surface area (Å²) < 4.78 is 4.70. The van der Waals surface area contributed by atoms with Crippen LogP contribution in [0.5, 0.6) is 0 Å². The van der Waals surface area contributed by atoms with Gasteiger partial charge in [-0.05, 0) is 12.8 Å². The molecule has 0 rings (SSSR count). The number of ether oxygens (including phenoxy) is 1. The minimum atomic E-state index is -0.904. The van der Waals surface area contributed by atoms with E-state index in [1.807, 2.05) is 0 Å². The van der Waals surface area contributed by atoms with E-state index < -0.39 is 23.8 Å². The Hall–Kier alpha value is -1.06. The number of esters is 1. The van der Waals surface area contributed by atoms with Crippen LogP contribution in [0.4, 0.5) is 0 Å². The maximum absolute atomic E-state index is 11.6. The van der Waals surface area contributed by atoms with Gasteiger partial charge in [-0.25, -0.2) is 0 Å². The van der Waals surface area contributed by atoms with Gasteiger partial charge >= 0.3 is 11.9 Å². The summed E-state index contributed by atoms with van der Waals surface area (Å²) in [5.41, 5.74) is 0. The first-order valence-corrected chi connectivity index (χ1v) is 6.39. The Bertz CT molecular complexity index is 238. The van der Waals surface area contributed by atoms with E-state index in [1.54, 1.807) is 6.92 Å². The molecule has 0 saturated carbocycles. The largest absolute Gasteiger partial charge is 0.481 e. The maximum atomic E-state index is 11.6. The number of methoxy groups -OCH3 is 1. The van der Waals surface area contributed by atoms with Crippen LogP contribution in [0.15, 0.2) is 0 Å². The zero-order valence-corrected chi connectivity index (χ0v) is 11.1. The fourth-order valence-corrected chi connectivity index (χ4v) is 2.06. The average molecular weight is 244 g/mol. The van der Waals surface area contributed by atoms with Crippen molar-refractivity contribution in [2.45, 2.75) is 52.4 Å². The molecule has 0 aliphatic heterocycles. The molecule has 0 saturated heterocycles. The van der Waals surface area contributed by atoms with Crippen molar-refractivity contribution < 1.29 is 19.4 Å². The van der Waals surface area contributed by atoms with Gasteiger partial charge in [0.05, 0.1) is 18.9 Å². The Morgan fingerprint density at radius 2 is 1.76 bits per heavy atom. The van der Waals surface area contributed by atoms with E-state index >= 15 is 0 Å². The van der Waals surface area contributed by atoms with Crippen LogP contribution in [0, 0.1) is 11.8 Å². The molecule has 0 aromatic heterocycles. The Kier molecular flexibility index (Phi) is 8.46. The van der Waals surface area contributed by atoms with E-state index in [4.69, 9.17) is 9.84 Å². The van der Waals surface area contributed by atoms with Crippen molar-refractivity contribution in [2.24, 2.45) is 11.8 Å². The molecule has 2 unspecified atom stereocenters. The molecule has 0 spiro atoms. The number of aliphatic carboxylic acids is 1. The highest BCUT2D eigenvalue weighted by molar-refractivity contribution is 5.80. The summed E-state index contributed by atoms with van der Waals surface area (Å²) in [4.78, 5) is 22.7. The first-order chi connectivity index (χ1) is 8.08. The number of carboxylic acids is 1. The fraction of sp³-hybridized carbons (Fsp3) is 0.846. The van der Waals surface area contributed by atoms with Gasteiger partial charge < -0.3 is 9.84 Å². The van der Waals surface area contributed by atoms with Gasteiger partial charge in [0.25, 0.3) is 0 Å². The third kappa shape index (κ3) is 5.71. The second-order valence-electron chi connectivity index (χ2n) is 4.33. The molecule has 0 aromatic carbocycles. The lowest BCUT2D eigenvalue weighted by Gasteiger charge is -2.20. The lowest BCUT2D eigenvalue weighted by molar-refractivity contribution is -0.156. The van der Waals surface area contributed by atoms with E-state index in [-0.39, 0.29) is 0 Å². The monoisotopic (exact) mass is 244 g/mol. The smallest absolute Gasteiger partial charge is 0.309 e. The number of hydrogen-bond acceptors (Lipinski definition) is 3. The van der Waals surface area contributed by atoms with Crippen LogP contribution < -0.4 is 0 Å². The molecule has 4 heteroatoms. The molecule has 0 heterocycles. The van der Waals surface area contributed by atoms with Crippen LogP contribution in [-0.2, 0) is 14.3 Å². The van der Waals surface area contributed by atoms with E-state index in [2.05, 4.69) is 6.92 Å². The first-order valence-electron chi connectivity index (χ1n) is 6.39. The standard InChI is InChI=1S/C13H24O4/c1-4-6-7-8-9-11(13(16)17-3)10(5-2)12(14)15/h10-11H,4-9H2,1-3H3,(H,14,15). The molecule has 0 amide bonds. The molecule has 1 N–H and O–H groups in total. The zero-order chi connectivity index (χ0) is 13.3. The van der Waals surface area contributed by atoms with Gasteiger partial charge in [0.1, 0.15) is 0 Å². The van der Waals surface area contributed by atoms with Crippen LogP contribution in [0.3, 0.4) is 0 Å². The van der Waals surface area contributed by atoms with Crippen LogP contribution in [0.25, 0.3) is 0 Å². The predicted octanol–water partition coefficient (Wildman–Crippen LogP) is 2.86. The third-order valence-electron chi connectivity index (χ3n) is 3.12. The summed E-state index contributed by atoms with van der Waals surface area (Å²) in [6.45, 7) is 3.91. The molecular weight excluding hydrogens is 220 g/mol. The van der Waals surface area contributed by atoms with Crippen LogP contribution in [0.1, 0.15) is 52.4 Å². The summed E-state index contributed by atoms with van der Waals surface area (Å²) in [5, 5.41) is 9.08. The second-order valence-corrected chi connectivity index (χ2v) is 4.33. The Morgan fingerprint density at radius 1 is 1.12 bits per heavy atom. The molecule has 0 aliphatic carbocycles. The number of unbranched alkanes of at least 4 members (excludes halogenated alkanes) is 3. The van der Waals surface area contributed by atoms with E-state index in [1.165, 1.54) is 7.11 Å². The minimum absolute atomic E-state index is 0.393. The third-order valence-corrected chi connectivity index (χ3v) is 3.12. The molecule has 0 aliphatic rings. The first kappa shape index (κ1) is 15.9. The van der Waals surface area contributed by atoms with Gasteiger partial charge in [0.2, 0.25) is 0 Å². The van der Waals surface area contributed by atoms with Gasteiger partial charge in [0, 0.05) is 0 Å². The summed E-state index contributed by atoms with van der Waals surface area (Å²) in [6.07, 6.45) is 5.24. The van der Waals surface area contributed by atoms with Gasteiger partial charge in [0.15, 0.2) is 0 Å². The van der Waals surface area contributed by atoms with Crippen LogP contribution >= 0.6 is 0 Å². The normalized spacial score (nSPS) is 14.1. The topological polar surface area (TPSA) is 63.6 Å². The summed E-state index contributed by atoms with van der Waals surface area (Å²) in [5.74, 6) is -2.42. The lowest BCUT2D eigenvalue weighted by Crippen LogP contribution is -2.30. The van der Waals surface area contributed by atoms with Crippen molar-refractivity contribution in [2.75, 3.05) is 7.11 Å². The van der Waals surface area contributed by atoms with Gasteiger partial charge in [-0.1, -0.05) is 39.5 Å². The molecule has 100 valence electrons. The maximum Gasteiger partial charge on any atom is 0.309 e. The van der Waals surface area contributed by atoms with E-state index in [9.17, 15) is 9.59 Å². The van der Waals surface area contributed by atoms with Gasteiger partial charge in [-0.15, -0.1) is 0 Å². The van der Waals surface area contributed by atoms with E-state index in [0.29, 0.717) is 12.8 Å². The second kappa shape index (κ2) is 9.02. The fourth-order valence-electron chi connectivity index (χ4n) is 2.06. The molecule has 2 atom stereocenters. The van der Waals surface area contributed by atoms with Crippen molar-refractivity contribution in [1.29, 1.82) is 0 Å². The number of hydrogen-bond donors (Lipinski definition) is 1. The lowest BCUT2D eigenvalue weighted by atomic mass is 9.86. The summed E-state index contributed by atoms with van der Waals surface area (Å²) in [7, 11) is 1.32. The molecule has 4 nitrogen and oxygen atoms in total. The highest BCUT2D eigenvalue weighted by atomic mass is 16.5. The van der Waals surface area contributed by atoms with Crippen molar-refractivity contribution in [3.05, 3.63) is 0 Å². The van der Waals surface area contributed by atoms with Crippen molar-refractivity contribution in [3.63, 3.8) is 0 Å². The van der Waals surface area contributed by atoms with Crippen molar-refractivity contribution >= 4 is 11.9 Å². The molecule has 0 bridgehead atoms. The molecule has 0 radical (unpaired) electrons. The van der Waals surface area contributed by atoms with E-state index in [0.717, 1.165) is 25.7 Å². The van der Waals surface area contributed by atoms with Crippen molar-refractivity contribution in [3.8, 4) is 0 Å². The molecule has 17 heavy (non-hydrogen) atoms. The molecular formula is C13H24O4. The Morgan fingerprint density at radius 3 is 2.18 bits per heavy atom. The Labute approximate surface area is 103 Å². The van der Waals surface area contributed by atoms with Crippen molar-refractivity contribution in [1.82, 2.24) is 0 Å². The van der Waals surface area contributed by atoms with Crippen LogP contribution in [-0.4, -0.2) is 24.2 Å². The number of carboxylic acid groups (broad SMARTS) is 1. The van der Waals surface area contributed by atoms with Gasteiger partial charge in [-0.2, -0.15) is 0 Å².